The highest BCUT2D eigenvalue weighted by molar-refractivity contribution is 5.21. The molecule has 3 N–H and O–H groups in total. The van der Waals surface area contributed by atoms with E-state index in [-0.39, 0.29) is 11.5 Å². The Hall–Kier alpha value is -0.960. The Morgan fingerprint density at radius 1 is 1.54 bits per heavy atom. The van der Waals surface area contributed by atoms with Crippen LogP contribution in [0.2, 0.25) is 0 Å². The maximum atomic E-state index is 9.30. The third-order valence-electron chi connectivity index (χ3n) is 2.22. The van der Waals surface area contributed by atoms with Gasteiger partial charge in [0, 0.05) is 6.04 Å². The van der Waals surface area contributed by atoms with E-state index in [9.17, 15) is 5.11 Å². The Morgan fingerprint density at radius 3 is 2.77 bits per heavy atom. The third-order valence-corrected chi connectivity index (χ3v) is 2.22. The van der Waals surface area contributed by atoms with E-state index in [2.05, 4.69) is 12.2 Å². The molecule has 0 amide bonds. The van der Waals surface area contributed by atoms with Crippen LogP contribution in [0.5, 0.6) is 0 Å². The summed E-state index contributed by atoms with van der Waals surface area (Å²) in [5.41, 5.74) is 1.19. The summed E-state index contributed by atoms with van der Waals surface area (Å²) >= 11 is 0. The van der Waals surface area contributed by atoms with Gasteiger partial charge in [0.2, 0.25) is 0 Å². The summed E-state index contributed by atoms with van der Waals surface area (Å²) in [5.74, 6) is -0.0252. The predicted octanol–water partition coefficient (Wildman–Crippen LogP) is 2.03. The van der Waals surface area contributed by atoms with Crippen molar-refractivity contribution >= 4 is 0 Å². The summed E-state index contributed by atoms with van der Waals surface area (Å²) in [6.07, 6.45) is 3.56. The zero-order chi connectivity index (χ0) is 9.84. The molecule has 3 nitrogen and oxygen atoms in total. The Kier molecular flexibility index (Phi) is 3.37. The Balaban J connectivity index is 2.65. The highest BCUT2D eigenvalue weighted by atomic mass is 16.3. The normalized spacial score (nSPS) is 28.8. The molecule has 74 valence electrons. The van der Waals surface area contributed by atoms with E-state index in [1.54, 1.807) is 6.08 Å². The number of rotatable bonds is 1. The summed E-state index contributed by atoms with van der Waals surface area (Å²) in [6.45, 7) is 4.54. The molecule has 13 heavy (non-hydrogen) atoms. The largest absolute Gasteiger partial charge is 0.509 e. The molecule has 1 aliphatic rings. The van der Waals surface area contributed by atoms with Gasteiger partial charge in [0.05, 0.1) is 0 Å². The number of hydrogen-bond acceptors (Lipinski definition) is 3. The van der Waals surface area contributed by atoms with Gasteiger partial charge in [-0.15, -0.1) is 0 Å². The molecule has 0 bridgehead atoms. The molecular formula is C10H17NO2. The monoisotopic (exact) mass is 183 g/mol. The molecular weight excluding hydrogens is 166 g/mol. The van der Waals surface area contributed by atoms with Crippen LogP contribution >= 0.6 is 0 Å². The Labute approximate surface area is 78.8 Å². The Morgan fingerprint density at radius 2 is 2.23 bits per heavy atom. The standard InChI is InChI=1S/C10H17NO2/c1-7-5-9(3-4-11-7)6-10(13)8(2)12/h6-7,11-13H,3-5H2,1-2H3/b9-6-,10-8-. The molecule has 0 aromatic heterocycles. The lowest BCUT2D eigenvalue weighted by Gasteiger charge is -2.22. The average Bonchev–Trinajstić information content (AvgIpc) is 2.04. The third kappa shape index (κ3) is 3.11. The van der Waals surface area contributed by atoms with Crippen molar-refractivity contribution in [3.63, 3.8) is 0 Å². The van der Waals surface area contributed by atoms with Crippen LogP contribution in [0.25, 0.3) is 0 Å². The van der Waals surface area contributed by atoms with Crippen molar-refractivity contribution in [3.05, 3.63) is 23.2 Å². The number of nitrogens with one attached hydrogen (secondary N) is 1. The van der Waals surface area contributed by atoms with E-state index in [0.717, 1.165) is 19.4 Å². The first-order valence-electron chi connectivity index (χ1n) is 4.61. The van der Waals surface area contributed by atoms with Gasteiger partial charge in [0.25, 0.3) is 0 Å². The molecule has 3 heteroatoms. The molecule has 1 saturated heterocycles. The second-order valence-electron chi connectivity index (χ2n) is 3.58. The molecule has 0 aromatic carbocycles. The van der Waals surface area contributed by atoms with Crippen LogP contribution in [0.3, 0.4) is 0 Å². The minimum atomic E-state index is -0.0151. The van der Waals surface area contributed by atoms with Crippen molar-refractivity contribution in [2.24, 2.45) is 0 Å². The van der Waals surface area contributed by atoms with Crippen molar-refractivity contribution < 1.29 is 10.2 Å². The van der Waals surface area contributed by atoms with Crippen LogP contribution in [0.1, 0.15) is 26.7 Å². The zero-order valence-electron chi connectivity index (χ0n) is 8.17. The first-order valence-corrected chi connectivity index (χ1v) is 4.61. The van der Waals surface area contributed by atoms with Gasteiger partial charge >= 0.3 is 0 Å². The van der Waals surface area contributed by atoms with Crippen LogP contribution < -0.4 is 5.32 Å². The lowest BCUT2D eigenvalue weighted by Crippen LogP contribution is -2.32. The number of aliphatic hydroxyl groups is 2. The van der Waals surface area contributed by atoms with E-state index in [1.165, 1.54) is 12.5 Å². The van der Waals surface area contributed by atoms with Crippen molar-refractivity contribution in [1.82, 2.24) is 5.32 Å². The molecule has 1 heterocycles. The van der Waals surface area contributed by atoms with Gasteiger partial charge in [-0.3, -0.25) is 0 Å². The summed E-state index contributed by atoms with van der Waals surface area (Å²) in [6, 6.07) is 0.465. The van der Waals surface area contributed by atoms with E-state index in [0.29, 0.717) is 6.04 Å². The van der Waals surface area contributed by atoms with Crippen LogP contribution in [-0.2, 0) is 0 Å². The lowest BCUT2D eigenvalue weighted by molar-refractivity contribution is 0.338. The smallest absolute Gasteiger partial charge is 0.152 e. The fourth-order valence-corrected chi connectivity index (χ4v) is 1.48. The summed E-state index contributed by atoms with van der Waals surface area (Å²) in [5, 5.41) is 21.6. The minimum Gasteiger partial charge on any atom is -0.509 e. The topological polar surface area (TPSA) is 52.5 Å². The SMILES string of the molecule is C/C(O)=C(O)\C=C1\CCNC(C)C1. The highest BCUT2D eigenvalue weighted by Crippen LogP contribution is 2.16. The molecule has 0 aromatic rings. The van der Waals surface area contributed by atoms with E-state index in [1.807, 2.05) is 0 Å². The molecule has 1 rings (SSSR count). The molecule has 0 spiro atoms. The zero-order valence-corrected chi connectivity index (χ0v) is 8.17. The van der Waals surface area contributed by atoms with Gasteiger partial charge in [0.1, 0.15) is 5.76 Å². The number of piperidine rings is 1. The average molecular weight is 183 g/mol. The molecule has 0 saturated carbocycles. The van der Waals surface area contributed by atoms with Crippen LogP contribution in [0.15, 0.2) is 23.2 Å². The van der Waals surface area contributed by atoms with Crippen molar-refractivity contribution in [1.29, 1.82) is 0 Å². The molecule has 1 atom stereocenters. The van der Waals surface area contributed by atoms with E-state index in [4.69, 9.17) is 5.11 Å². The molecule has 0 radical (unpaired) electrons. The second-order valence-corrected chi connectivity index (χ2v) is 3.58. The molecule has 1 aliphatic heterocycles. The summed E-state index contributed by atoms with van der Waals surface area (Å²) in [4.78, 5) is 0. The van der Waals surface area contributed by atoms with Gasteiger partial charge in [0.15, 0.2) is 5.76 Å². The van der Waals surface area contributed by atoms with Crippen molar-refractivity contribution in [3.8, 4) is 0 Å². The molecule has 1 fully saturated rings. The number of hydrogen-bond donors (Lipinski definition) is 3. The van der Waals surface area contributed by atoms with Crippen molar-refractivity contribution in [2.75, 3.05) is 6.54 Å². The first kappa shape index (κ1) is 10.1. The summed E-state index contributed by atoms with van der Waals surface area (Å²) in [7, 11) is 0. The van der Waals surface area contributed by atoms with Gasteiger partial charge in [-0.2, -0.15) is 0 Å². The van der Waals surface area contributed by atoms with Crippen LogP contribution in [0.4, 0.5) is 0 Å². The van der Waals surface area contributed by atoms with Gasteiger partial charge in [-0.25, -0.2) is 0 Å². The maximum Gasteiger partial charge on any atom is 0.152 e. The maximum absolute atomic E-state index is 9.30. The number of allylic oxidation sites excluding steroid dienone is 2. The molecule has 0 aliphatic carbocycles. The highest BCUT2D eigenvalue weighted by Gasteiger charge is 2.11. The fourth-order valence-electron chi connectivity index (χ4n) is 1.48. The van der Waals surface area contributed by atoms with E-state index < -0.39 is 0 Å². The minimum absolute atomic E-state index is 0.0101. The quantitative estimate of drug-likeness (QED) is 0.545. The van der Waals surface area contributed by atoms with Crippen molar-refractivity contribution in [2.45, 2.75) is 32.7 Å². The van der Waals surface area contributed by atoms with Crippen LogP contribution in [-0.4, -0.2) is 22.8 Å². The lowest BCUT2D eigenvalue weighted by atomic mass is 9.99. The summed E-state index contributed by atoms with van der Waals surface area (Å²) < 4.78 is 0. The first-order chi connectivity index (χ1) is 6.09. The second kappa shape index (κ2) is 4.33. The van der Waals surface area contributed by atoms with Gasteiger partial charge in [-0.05, 0) is 39.3 Å². The predicted molar refractivity (Wildman–Crippen MR) is 52.7 cm³/mol. The molecule has 1 unspecified atom stereocenters. The fraction of sp³-hybridized carbons (Fsp3) is 0.600. The van der Waals surface area contributed by atoms with Gasteiger partial charge < -0.3 is 15.5 Å². The van der Waals surface area contributed by atoms with Gasteiger partial charge in [-0.1, -0.05) is 5.57 Å². The van der Waals surface area contributed by atoms with E-state index >= 15 is 0 Å². The Bertz CT molecular complexity index is 239. The van der Waals surface area contributed by atoms with Crippen LogP contribution in [0, 0.1) is 0 Å². The number of aliphatic hydroxyl groups excluding tert-OH is 2.